The van der Waals surface area contributed by atoms with Gasteiger partial charge < -0.3 is 23.9 Å². The van der Waals surface area contributed by atoms with Gasteiger partial charge in [0, 0.05) is 50.0 Å². The first kappa shape index (κ1) is 35.1. The number of fused-ring (bicyclic) bond motifs is 6. The first-order valence-corrected chi connectivity index (χ1v) is 18.3. The Bertz CT molecular complexity index is 2760. The van der Waals surface area contributed by atoms with Crippen molar-refractivity contribution in [3.8, 4) is 23.0 Å². The van der Waals surface area contributed by atoms with Crippen molar-refractivity contribution in [1.29, 1.82) is 0 Å². The summed E-state index contributed by atoms with van der Waals surface area (Å²) in [5.41, 5.74) is 0.943. The number of phenolic OH excluding ortho intramolecular Hbond substituents is 1. The van der Waals surface area contributed by atoms with Gasteiger partial charge in [-0.05, 0) is 54.8 Å². The number of ether oxygens (including phenoxy) is 3. The van der Waals surface area contributed by atoms with E-state index in [0.29, 0.717) is 51.5 Å². The molecule has 3 aliphatic heterocycles. The van der Waals surface area contributed by atoms with Crippen molar-refractivity contribution in [3.05, 3.63) is 127 Å². The molecule has 5 heterocycles. The van der Waals surface area contributed by atoms with Crippen LogP contribution < -0.4 is 36.0 Å². The maximum Gasteiger partial charge on any atom is 0.347 e. The standard InChI is InChI=1S/C41H38N6O9/c1-41-27(36(49)46(38(41)51)24-8-6-5-7-9-24)18-30-26(35(41)23-16-22-17-25(48)10-11-32(22)56-21-23)12-15-45-39(52)44(40(53)47(30)45)14-13-28-37(50)43(2)31-20-34(55-4)33(54-3)19-29(31)42-28/h5-12,17,19-21,27,30,35,48H,13-16,18H2,1-4H3/t27-,30+,35-,41+/m0/s1. The Kier molecular flexibility index (Phi) is 7.97. The van der Waals surface area contributed by atoms with E-state index in [0.717, 1.165) is 10.1 Å². The number of carbonyl (C=O) groups excluding carboxylic acids is 2. The van der Waals surface area contributed by atoms with Crippen LogP contribution in [0.4, 0.5) is 5.69 Å². The fourth-order valence-electron chi connectivity index (χ4n) is 9.26. The maximum absolute atomic E-state index is 14.7. The lowest BCUT2D eigenvalue weighted by Crippen LogP contribution is -2.51. The number of allylic oxidation sites excluding steroid dienone is 3. The van der Waals surface area contributed by atoms with Crippen molar-refractivity contribution in [3.63, 3.8) is 0 Å². The highest BCUT2D eigenvalue weighted by atomic mass is 16.5. The summed E-state index contributed by atoms with van der Waals surface area (Å²) < 4.78 is 22.2. The minimum Gasteiger partial charge on any atom is -0.508 e. The molecule has 1 N–H and O–H groups in total. The average molecular weight is 759 g/mol. The van der Waals surface area contributed by atoms with Gasteiger partial charge >= 0.3 is 11.4 Å². The monoisotopic (exact) mass is 758 g/mol. The molecule has 1 saturated heterocycles. The van der Waals surface area contributed by atoms with E-state index in [1.807, 2.05) is 6.08 Å². The van der Waals surface area contributed by atoms with Crippen LogP contribution in [-0.4, -0.2) is 54.6 Å². The molecule has 0 radical (unpaired) electrons. The van der Waals surface area contributed by atoms with Crippen LogP contribution in [0.5, 0.6) is 23.0 Å². The van der Waals surface area contributed by atoms with Crippen molar-refractivity contribution in [1.82, 2.24) is 23.5 Å². The molecule has 3 aromatic carbocycles. The van der Waals surface area contributed by atoms with Gasteiger partial charge in [-0.25, -0.2) is 33.4 Å². The Morgan fingerprint density at radius 1 is 0.964 bits per heavy atom. The number of hydrogen-bond donors (Lipinski definition) is 1. The number of nitrogens with zero attached hydrogens (tertiary/aromatic N) is 6. The second-order valence-corrected chi connectivity index (χ2v) is 14.8. The molecule has 56 heavy (non-hydrogen) atoms. The number of methoxy groups -OCH3 is 2. The Labute approximate surface area is 318 Å². The summed E-state index contributed by atoms with van der Waals surface area (Å²) in [4.78, 5) is 76.9. The van der Waals surface area contributed by atoms with Crippen LogP contribution in [0.1, 0.15) is 30.6 Å². The van der Waals surface area contributed by atoms with Gasteiger partial charge in [-0.15, -0.1) is 0 Å². The highest BCUT2D eigenvalue weighted by Gasteiger charge is 2.66. The fraction of sp³-hybridized carbons (Fsp3) is 0.317. The lowest BCUT2D eigenvalue weighted by atomic mass is 9.56. The summed E-state index contributed by atoms with van der Waals surface area (Å²) in [7, 11) is 4.61. The fourth-order valence-corrected chi connectivity index (χ4v) is 9.26. The molecule has 2 fully saturated rings. The molecule has 15 heteroatoms. The lowest BCUT2D eigenvalue weighted by molar-refractivity contribution is -0.130. The van der Waals surface area contributed by atoms with E-state index >= 15 is 0 Å². The quantitative estimate of drug-likeness (QED) is 0.192. The molecule has 2 aromatic heterocycles. The summed E-state index contributed by atoms with van der Waals surface area (Å²) in [6.07, 6.45) is 3.89. The van der Waals surface area contributed by atoms with E-state index in [-0.39, 0.29) is 54.7 Å². The smallest absolute Gasteiger partial charge is 0.347 e. The molecule has 0 bridgehead atoms. The van der Waals surface area contributed by atoms with E-state index in [9.17, 15) is 29.1 Å². The van der Waals surface area contributed by atoms with Gasteiger partial charge in [-0.2, -0.15) is 0 Å². The summed E-state index contributed by atoms with van der Waals surface area (Å²) in [5, 5.41) is 10.3. The number of imide groups is 1. The second kappa shape index (κ2) is 12.7. The van der Waals surface area contributed by atoms with Gasteiger partial charge in [0.25, 0.3) is 5.56 Å². The molecule has 5 aromatic rings. The minimum atomic E-state index is -1.26. The van der Waals surface area contributed by atoms with E-state index in [1.165, 1.54) is 39.1 Å². The average Bonchev–Trinajstić information content (AvgIpc) is 3.56. The van der Waals surface area contributed by atoms with Crippen LogP contribution in [-0.2, 0) is 42.6 Å². The Morgan fingerprint density at radius 2 is 1.71 bits per heavy atom. The molecule has 2 amide bonds. The number of rotatable bonds is 7. The molecule has 1 saturated carbocycles. The summed E-state index contributed by atoms with van der Waals surface area (Å²) in [6, 6.07) is 16.2. The minimum absolute atomic E-state index is 0.0140. The number of carbonyl (C=O) groups is 2. The molecule has 0 spiro atoms. The zero-order chi connectivity index (χ0) is 39.2. The van der Waals surface area contributed by atoms with Gasteiger partial charge in [-0.3, -0.25) is 14.4 Å². The summed E-state index contributed by atoms with van der Waals surface area (Å²) >= 11 is 0. The zero-order valence-electron chi connectivity index (χ0n) is 31.1. The first-order valence-electron chi connectivity index (χ1n) is 18.3. The van der Waals surface area contributed by atoms with Crippen LogP contribution >= 0.6 is 0 Å². The molecule has 4 atom stereocenters. The lowest BCUT2D eigenvalue weighted by Gasteiger charge is -2.48. The second-order valence-electron chi connectivity index (χ2n) is 14.8. The third kappa shape index (κ3) is 4.95. The van der Waals surface area contributed by atoms with Crippen LogP contribution in [0.25, 0.3) is 11.0 Å². The number of para-hydroxylation sites is 1. The van der Waals surface area contributed by atoms with E-state index in [2.05, 4.69) is 4.98 Å². The molecular formula is C41H38N6O9. The van der Waals surface area contributed by atoms with Crippen molar-refractivity contribution < 1.29 is 28.9 Å². The Morgan fingerprint density at radius 3 is 2.46 bits per heavy atom. The van der Waals surface area contributed by atoms with E-state index in [4.69, 9.17) is 14.2 Å². The molecule has 4 aliphatic rings. The predicted molar refractivity (Wildman–Crippen MR) is 203 cm³/mol. The number of anilines is 1. The number of amides is 2. The summed E-state index contributed by atoms with van der Waals surface area (Å²) in [5.74, 6) is -0.792. The van der Waals surface area contributed by atoms with Gasteiger partial charge in [0.2, 0.25) is 11.8 Å². The zero-order valence-corrected chi connectivity index (χ0v) is 31.1. The highest BCUT2D eigenvalue weighted by molar-refractivity contribution is 6.24. The largest absolute Gasteiger partial charge is 0.508 e. The van der Waals surface area contributed by atoms with Gasteiger partial charge in [0.1, 0.15) is 17.2 Å². The van der Waals surface area contributed by atoms with Crippen molar-refractivity contribution in [2.75, 3.05) is 19.1 Å². The molecule has 286 valence electrons. The molecule has 15 nitrogen and oxygen atoms in total. The molecule has 0 unspecified atom stereocenters. The maximum atomic E-state index is 14.7. The summed E-state index contributed by atoms with van der Waals surface area (Å²) in [6.45, 7) is 1.72. The number of phenols is 1. The van der Waals surface area contributed by atoms with Crippen LogP contribution in [0.2, 0.25) is 0 Å². The number of hydrogen-bond acceptors (Lipinski definition) is 10. The van der Waals surface area contributed by atoms with Crippen LogP contribution in [0.15, 0.2) is 98.5 Å². The van der Waals surface area contributed by atoms with Gasteiger partial charge in [0.05, 0.1) is 61.1 Å². The Hall–Kier alpha value is -6.64. The Balaban J connectivity index is 1.12. The van der Waals surface area contributed by atoms with E-state index in [1.54, 1.807) is 74.8 Å². The third-order valence-corrected chi connectivity index (χ3v) is 12.0. The number of aromatic hydroxyl groups is 1. The molecule has 1 aliphatic carbocycles. The predicted octanol–water partition coefficient (Wildman–Crippen LogP) is 3.24. The van der Waals surface area contributed by atoms with Crippen LogP contribution in [0, 0.1) is 17.3 Å². The number of aromatic nitrogens is 5. The third-order valence-electron chi connectivity index (χ3n) is 12.0. The van der Waals surface area contributed by atoms with Crippen LogP contribution in [0.3, 0.4) is 0 Å². The number of benzene rings is 3. The van der Waals surface area contributed by atoms with Crippen molar-refractivity contribution >= 4 is 28.5 Å². The molecule has 9 rings (SSSR count). The van der Waals surface area contributed by atoms with Gasteiger partial charge in [0.15, 0.2) is 11.5 Å². The topological polar surface area (TPSA) is 169 Å². The first-order chi connectivity index (χ1) is 27.0. The van der Waals surface area contributed by atoms with E-state index < -0.39 is 34.7 Å². The van der Waals surface area contributed by atoms with Crippen molar-refractivity contribution in [2.24, 2.45) is 24.3 Å². The molecular weight excluding hydrogens is 720 g/mol. The SMILES string of the molecule is COc1cc2nc(CCn3c(=O)n4n(c3=O)[C@@H]3C[C@H]5C(=O)N(c6ccccc6)C(=O)[C@@]5(C)[C@@H](C5=COc6ccc(O)cc6C5)C3=CC4)c(=O)n(C)c2cc1OC. The van der Waals surface area contributed by atoms with Crippen molar-refractivity contribution in [2.45, 2.75) is 45.3 Å². The normalized spacial score (nSPS) is 22.4. The highest BCUT2D eigenvalue weighted by Crippen LogP contribution is 2.60. The van der Waals surface area contributed by atoms with Gasteiger partial charge in [-0.1, -0.05) is 24.3 Å². The number of aryl methyl sites for hydroxylation is 2.